The number of rotatable bonds is 3. The summed E-state index contributed by atoms with van der Waals surface area (Å²) in [5.41, 5.74) is 0.841. The van der Waals surface area contributed by atoms with Gasteiger partial charge in [0, 0.05) is 17.8 Å². The van der Waals surface area contributed by atoms with Crippen LogP contribution >= 0.6 is 0 Å². The fourth-order valence-electron chi connectivity index (χ4n) is 2.25. The Balaban J connectivity index is 2.18. The number of hydrogen-bond donors (Lipinski definition) is 1. The molecule has 0 aliphatic carbocycles. The van der Waals surface area contributed by atoms with Crippen LogP contribution in [0, 0.1) is 15.9 Å². The maximum atomic E-state index is 12.9. The molecule has 0 saturated carbocycles. The summed E-state index contributed by atoms with van der Waals surface area (Å²) in [5, 5.41) is 11.4. The van der Waals surface area contributed by atoms with Gasteiger partial charge in [0.2, 0.25) is 0 Å². The number of benzene rings is 2. The Kier molecular flexibility index (Phi) is 2.98. The van der Waals surface area contributed by atoms with Gasteiger partial charge < -0.3 is 4.98 Å². The summed E-state index contributed by atoms with van der Waals surface area (Å²) >= 11 is 0. The number of nitrogens with zero attached hydrogens (tertiary/aromatic N) is 1. The molecule has 0 radical (unpaired) electrons. The Hall–Kier alpha value is -3.02. The summed E-state index contributed by atoms with van der Waals surface area (Å²) in [6, 6.07) is 9.61. The SMILES string of the molecule is O=C(c1ccc(F)cc1)c1c[nH]c2cccc([N+](=O)[O-])c12. The van der Waals surface area contributed by atoms with Gasteiger partial charge in [-0.2, -0.15) is 0 Å². The minimum absolute atomic E-state index is 0.140. The number of nitro benzene ring substituents is 1. The number of carbonyl (C=O) groups is 1. The van der Waals surface area contributed by atoms with Crippen LogP contribution in [0.4, 0.5) is 10.1 Å². The number of H-pyrrole nitrogens is 1. The van der Waals surface area contributed by atoms with Crippen molar-refractivity contribution in [1.82, 2.24) is 4.98 Å². The maximum Gasteiger partial charge on any atom is 0.279 e. The molecule has 2 aromatic carbocycles. The average molecular weight is 284 g/mol. The van der Waals surface area contributed by atoms with Gasteiger partial charge in [0.05, 0.1) is 21.4 Å². The topological polar surface area (TPSA) is 76.0 Å². The second-order valence-electron chi connectivity index (χ2n) is 4.50. The van der Waals surface area contributed by atoms with Crippen LogP contribution in [0.2, 0.25) is 0 Å². The lowest BCUT2D eigenvalue weighted by Gasteiger charge is -2.00. The number of carbonyl (C=O) groups excluding carboxylic acids is 1. The Morgan fingerprint density at radius 1 is 1.14 bits per heavy atom. The standard InChI is InChI=1S/C15H9FN2O3/c16-10-6-4-9(5-7-10)15(19)11-8-17-12-2-1-3-13(14(11)12)18(20)21/h1-8,17H. The molecular formula is C15H9FN2O3. The Morgan fingerprint density at radius 2 is 1.86 bits per heavy atom. The molecule has 0 aliphatic heterocycles. The van der Waals surface area contributed by atoms with Gasteiger partial charge in [-0.1, -0.05) is 6.07 Å². The lowest BCUT2D eigenvalue weighted by Crippen LogP contribution is -2.01. The van der Waals surface area contributed by atoms with E-state index < -0.39 is 16.5 Å². The summed E-state index contributed by atoms with van der Waals surface area (Å²) in [4.78, 5) is 25.9. The van der Waals surface area contributed by atoms with Gasteiger partial charge in [-0.3, -0.25) is 14.9 Å². The van der Waals surface area contributed by atoms with Crippen LogP contribution in [0.25, 0.3) is 10.9 Å². The quantitative estimate of drug-likeness (QED) is 0.454. The molecule has 0 aliphatic rings. The predicted molar refractivity (Wildman–Crippen MR) is 74.8 cm³/mol. The molecular weight excluding hydrogens is 275 g/mol. The van der Waals surface area contributed by atoms with E-state index >= 15 is 0 Å². The number of aromatic amines is 1. The van der Waals surface area contributed by atoms with Crippen LogP contribution < -0.4 is 0 Å². The van der Waals surface area contributed by atoms with Gasteiger partial charge in [0.25, 0.3) is 5.69 Å². The molecule has 0 atom stereocenters. The van der Waals surface area contributed by atoms with E-state index in [-0.39, 0.29) is 22.2 Å². The van der Waals surface area contributed by atoms with Gasteiger partial charge in [0.15, 0.2) is 5.78 Å². The Bertz CT molecular complexity index is 853. The van der Waals surface area contributed by atoms with Crippen molar-refractivity contribution in [3.05, 3.63) is 75.7 Å². The van der Waals surface area contributed by atoms with Gasteiger partial charge in [-0.25, -0.2) is 4.39 Å². The second-order valence-corrected chi connectivity index (χ2v) is 4.50. The molecule has 0 amide bonds. The molecule has 0 unspecified atom stereocenters. The van der Waals surface area contributed by atoms with E-state index in [4.69, 9.17) is 0 Å². The van der Waals surface area contributed by atoms with Crippen LogP contribution in [-0.2, 0) is 0 Å². The first kappa shape index (κ1) is 13.0. The lowest BCUT2D eigenvalue weighted by atomic mass is 10.0. The third kappa shape index (κ3) is 2.16. The van der Waals surface area contributed by atoms with Gasteiger partial charge in [-0.15, -0.1) is 0 Å². The second kappa shape index (κ2) is 4.82. The molecule has 0 bridgehead atoms. The van der Waals surface area contributed by atoms with Gasteiger partial charge >= 0.3 is 0 Å². The number of halogens is 1. The van der Waals surface area contributed by atoms with Crippen LogP contribution in [0.1, 0.15) is 15.9 Å². The maximum absolute atomic E-state index is 12.9. The van der Waals surface area contributed by atoms with E-state index in [9.17, 15) is 19.3 Å². The first-order valence-electron chi connectivity index (χ1n) is 6.12. The first-order valence-corrected chi connectivity index (χ1v) is 6.12. The average Bonchev–Trinajstić information content (AvgIpc) is 2.91. The summed E-state index contributed by atoms with van der Waals surface area (Å²) < 4.78 is 12.9. The van der Waals surface area contributed by atoms with Crippen molar-refractivity contribution < 1.29 is 14.1 Å². The molecule has 1 heterocycles. The molecule has 3 aromatic rings. The van der Waals surface area contributed by atoms with Crippen molar-refractivity contribution in [3.8, 4) is 0 Å². The largest absolute Gasteiger partial charge is 0.360 e. The number of nitrogens with one attached hydrogen (secondary N) is 1. The smallest absolute Gasteiger partial charge is 0.279 e. The number of nitro groups is 1. The molecule has 104 valence electrons. The fourth-order valence-corrected chi connectivity index (χ4v) is 2.25. The fraction of sp³-hybridized carbons (Fsp3) is 0. The lowest BCUT2D eigenvalue weighted by molar-refractivity contribution is -0.383. The zero-order valence-electron chi connectivity index (χ0n) is 10.7. The van der Waals surface area contributed by atoms with Crippen molar-refractivity contribution in [2.75, 3.05) is 0 Å². The molecule has 3 rings (SSSR count). The normalized spacial score (nSPS) is 10.7. The molecule has 1 aromatic heterocycles. The highest BCUT2D eigenvalue weighted by Gasteiger charge is 2.21. The summed E-state index contributed by atoms with van der Waals surface area (Å²) in [6.45, 7) is 0. The van der Waals surface area contributed by atoms with Crippen molar-refractivity contribution in [3.63, 3.8) is 0 Å². The van der Waals surface area contributed by atoms with Crippen molar-refractivity contribution in [2.24, 2.45) is 0 Å². The van der Waals surface area contributed by atoms with E-state index in [2.05, 4.69) is 4.98 Å². The van der Waals surface area contributed by atoms with Gasteiger partial charge in [-0.05, 0) is 30.3 Å². The van der Waals surface area contributed by atoms with Crippen LogP contribution in [0.5, 0.6) is 0 Å². The van der Waals surface area contributed by atoms with Crippen molar-refractivity contribution >= 4 is 22.4 Å². The van der Waals surface area contributed by atoms with Crippen molar-refractivity contribution in [2.45, 2.75) is 0 Å². The molecule has 0 spiro atoms. The number of aromatic nitrogens is 1. The Morgan fingerprint density at radius 3 is 2.52 bits per heavy atom. The van der Waals surface area contributed by atoms with Crippen LogP contribution in [0.3, 0.4) is 0 Å². The van der Waals surface area contributed by atoms with Crippen LogP contribution in [0.15, 0.2) is 48.7 Å². The van der Waals surface area contributed by atoms with Crippen LogP contribution in [-0.4, -0.2) is 15.7 Å². The predicted octanol–water partition coefficient (Wildman–Crippen LogP) is 3.45. The molecule has 0 fully saturated rings. The molecule has 1 N–H and O–H groups in total. The third-order valence-electron chi connectivity index (χ3n) is 3.23. The highest BCUT2D eigenvalue weighted by molar-refractivity contribution is 6.18. The highest BCUT2D eigenvalue weighted by Crippen LogP contribution is 2.29. The van der Waals surface area contributed by atoms with E-state index in [1.165, 1.54) is 36.5 Å². The summed E-state index contributed by atoms with van der Waals surface area (Å²) in [6.07, 6.45) is 1.43. The first-order chi connectivity index (χ1) is 10.1. The summed E-state index contributed by atoms with van der Waals surface area (Å²) in [5.74, 6) is -0.841. The monoisotopic (exact) mass is 284 g/mol. The third-order valence-corrected chi connectivity index (χ3v) is 3.23. The zero-order valence-corrected chi connectivity index (χ0v) is 10.7. The zero-order chi connectivity index (χ0) is 15.0. The Labute approximate surface area is 118 Å². The van der Waals surface area contributed by atoms with E-state index in [0.717, 1.165) is 0 Å². The molecule has 6 heteroatoms. The number of non-ortho nitro benzene ring substituents is 1. The van der Waals surface area contributed by atoms with Gasteiger partial charge in [0.1, 0.15) is 5.82 Å². The highest BCUT2D eigenvalue weighted by atomic mass is 19.1. The minimum Gasteiger partial charge on any atom is -0.360 e. The van der Waals surface area contributed by atoms with E-state index in [0.29, 0.717) is 5.52 Å². The summed E-state index contributed by atoms with van der Waals surface area (Å²) in [7, 11) is 0. The minimum atomic E-state index is -0.530. The molecule has 5 nitrogen and oxygen atoms in total. The van der Waals surface area contributed by atoms with E-state index in [1.54, 1.807) is 12.1 Å². The molecule has 0 saturated heterocycles. The number of fused-ring (bicyclic) bond motifs is 1. The number of hydrogen-bond acceptors (Lipinski definition) is 3. The number of ketones is 1. The van der Waals surface area contributed by atoms with Crippen molar-refractivity contribution in [1.29, 1.82) is 0 Å². The molecule has 21 heavy (non-hydrogen) atoms. The van der Waals surface area contributed by atoms with E-state index in [1.807, 2.05) is 0 Å².